The van der Waals surface area contributed by atoms with Crippen molar-refractivity contribution in [3.63, 3.8) is 0 Å². The van der Waals surface area contributed by atoms with Crippen molar-refractivity contribution in [2.75, 3.05) is 6.26 Å². The van der Waals surface area contributed by atoms with Gasteiger partial charge in [0.1, 0.15) is 5.54 Å². The summed E-state index contributed by atoms with van der Waals surface area (Å²) in [5.74, 6) is 0.323. The van der Waals surface area contributed by atoms with Gasteiger partial charge in [0.05, 0.1) is 0 Å². The lowest BCUT2D eigenvalue weighted by atomic mass is 10.1. The van der Waals surface area contributed by atoms with E-state index in [1.807, 2.05) is 24.5 Å². The molecule has 0 saturated heterocycles. The van der Waals surface area contributed by atoms with Gasteiger partial charge in [-0.25, -0.2) is 4.99 Å². The van der Waals surface area contributed by atoms with E-state index in [0.717, 1.165) is 11.6 Å². The van der Waals surface area contributed by atoms with Crippen molar-refractivity contribution in [2.24, 2.45) is 4.99 Å². The van der Waals surface area contributed by atoms with Crippen LogP contribution in [0.15, 0.2) is 35.3 Å². The first-order valence-corrected chi connectivity index (χ1v) is 6.49. The molecule has 0 bridgehead atoms. The van der Waals surface area contributed by atoms with Crippen LogP contribution in [0.25, 0.3) is 0 Å². The number of amides is 1. The third-order valence-electron chi connectivity index (χ3n) is 3.24. The van der Waals surface area contributed by atoms with Crippen LogP contribution in [-0.4, -0.2) is 22.9 Å². The summed E-state index contributed by atoms with van der Waals surface area (Å²) >= 11 is 1.49. The summed E-state index contributed by atoms with van der Waals surface area (Å²) in [6.45, 7) is 0. The van der Waals surface area contributed by atoms with Crippen LogP contribution >= 0.6 is 11.8 Å². The number of benzene rings is 1. The van der Waals surface area contributed by atoms with E-state index in [1.54, 1.807) is 0 Å². The molecule has 1 saturated carbocycles. The van der Waals surface area contributed by atoms with Crippen LogP contribution in [0.1, 0.15) is 17.9 Å². The highest BCUT2D eigenvalue weighted by Gasteiger charge is 2.63. The SMILES string of the molecule is CSC1=N[C@]2(C[C@@H]2c2ccccc2)C(=O)N1. The number of nitrogens with one attached hydrogen (secondary N) is 1. The van der Waals surface area contributed by atoms with Crippen molar-refractivity contribution in [2.45, 2.75) is 17.9 Å². The molecule has 0 aromatic heterocycles. The number of rotatable bonds is 1. The Morgan fingerprint density at radius 3 is 2.81 bits per heavy atom. The average Bonchev–Trinajstić information content (AvgIpc) is 2.95. The van der Waals surface area contributed by atoms with Gasteiger partial charge in [-0.2, -0.15) is 0 Å². The van der Waals surface area contributed by atoms with E-state index in [1.165, 1.54) is 17.3 Å². The van der Waals surface area contributed by atoms with Gasteiger partial charge in [-0.1, -0.05) is 42.1 Å². The van der Waals surface area contributed by atoms with Crippen LogP contribution in [0.3, 0.4) is 0 Å². The van der Waals surface area contributed by atoms with E-state index in [2.05, 4.69) is 22.4 Å². The second-order valence-electron chi connectivity index (χ2n) is 4.17. The lowest BCUT2D eigenvalue weighted by molar-refractivity contribution is -0.121. The van der Waals surface area contributed by atoms with E-state index in [-0.39, 0.29) is 11.8 Å². The maximum absolute atomic E-state index is 11.9. The van der Waals surface area contributed by atoms with Crippen LogP contribution in [0.4, 0.5) is 0 Å². The smallest absolute Gasteiger partial charge is 0.254 e. The van der Waals surface area contributed by atoms with E-state index in [0.29, 0.717) is 0 Å². The van der Waals surface area contributed by atoms with E-state index in [9.17, 15) is 4.79 Å². The summed E-state index contributed by atoms with van der Waals surface area (Å²) in [6, 6.07) is 10.1. The minimum absolute atomic E-state index is 0.0608. The minimum atomic E-state index is -0.486. The molecular weight excluding hydrogens is 220 g/mol. The van der Waals surface area contributed by atoms with Crippen molar-refractivity contribution in [1.29, 1.82) is 0 Å². The second kappa shape index (κ2) is 3.35. The molecule has 0 unspecified atom stereocenters. The van der Waals surface area contributed by atoms with E-state index >= 15 is 0 Å². The average molecular weight is 232 g/mol. The fourth-order valence-electron chi connectivity index (χ4n) is 2.27. The highest BCUT2D eigenvalue weighted by Crippen LogP contribution is 2.56. The highest BCUT2D eigenvalue weighted by atomic mass is 32.2. The predicted octanol–water partition coefficient (Wildman–Crippen LogP) is 1.76. The molecule has 1 N–H and O–H groups in total. The molecular formula is C12H12N2OS. The van der Waals surface area contributed by atoms with Gasteiger partial charge in [0.25, 0.3) is 5.91 Å². The van der Waals surface area contributed by atoms with E-state index in [4.69, 9.17) is 0 Å². The molecule has 4 heteroatoms. The highest BCUT2D eigenvalue weighted by molar-refractivity contribution is 8.13. The normalized spacial score (nSPS) is 31.4. The largest absolute Gasteiger partial charge is 0.303 e. The Bertz CT molecular complexity index is 471. The Labute approximate surface area is 98.3 Å². The maximum Gasteiger partial charge on any atom is 0.254 e. The van der Waals surface area contributed by atoms with Gasteiger partial charge in [-0.15, -0.1) is 0 Å². The summed E-state index contributed by atoms with van der Waals surface area (Å²) < 4.78 is 0. The fraction of sp³-hybridized carbons (Fsp3) is 0.333. The summed E-state index contributed by atoms with van der Waals surface area (Å²) in [4.78, 5) is 16.4. The van der Waals surface area contributed by atoms with Gasteiger partial charge in [-0.3, -0.25) is 4.79 Å². The molecule has 16 heavy (non-hydrogen) atoms. The lowest BCUT2D eigenvalue weighted by Crippen LogP contribution is -2.29. The molecule has 1 aliphatic heterocycles. The van der Waals surface area contributed by atoms with Gasteiger partial charge >= 0.3 is 0 Å². The molecule has 2 aliphatic rings. The van der Waals surface area contributed by atoms with Crippen LogP contribution in [0.2, 0.25) is 0 Å². The first kappa shape index (κ1) is 9.90. The van der Waals surface area contributed by atoms with Crippen molar-refractivity contribution < 1.29 is 4.79 Å². The molecule has 1 aromatic rings. The fourth-order valence-corrected chi connectivity index (χ4v) is 2.72. The van der Waals surface area contributed by atoms with Crippen molar-refractivity contribution in [3.05, 3.63) is 35.9 Å². The second-order valence-corrected chi connectivity index (χ2v) is 4.96. The molecule has 1 aromatic carbocycles. The van der Waals surface area contributed by atoms with Crippen molar-refractivity contribution in [1.82, 2.24) is 5.32 Å². The maximum atomic E-state index is 11.9. The first-order valence-electron chi connectivity index (χ1n) is 5.26. The molecule has 1 fully saturated rings. The number of hydrogen-bond donors (Lipinski definition) is 1. The zero-order chi connectivity index (χ0) is 11.2. The lowest BCUT2D eigenvalue weighted by Gasteiger charge is -2.03. The predicted molar refractivity (Wildman–Crippen MR) is 65.6 cm³/mol. The summed E-state index contributed by atoms with van der Waals surface area (Å²) in [5.41, 5.74) is 0.725. The molecule has 3 nitrogen and oxygen atoms in total. The summed E-state index contributed by atoms with van der Waals surface area (Å²) in [5, 5.41) is 3.58. The van der Waals surface area contributed by atoms with Crippen LogP contribution < -0.4 is 5.32 Å². The summed E-state index contributed by atoms with van der Waals surface area (Å²) in [6.07, 6.45) is 2.77. The van der Waals surface area contributed by atoms with Crippen molar-refractivity contribution in [3.8, 4) is 0 Å². The monoisotopic (exact) mass is 232 g/mol. The number of thioether (sulfide) groups is 1. The topological polar surface area (TPSA) is 41.5 Å². The van der Waals surface area contributed by atoms with Gasteiger partial charge in [0, 0.05) is 5.92 Å². The van der Waals surface area contributed by atoms with Gasteiger partial charge in [0.2, 0.25) is 0 Å². The number of aliphatic imine (C=N–C) groups is 1. The zero-order valence-electron chi connectivity index (χ0n) is 8.93. The summed E-state index contributed by atoms with van der Waals surface area (Å²) in [7, 11) is 0. The molecule has 0 radical (unpaired) electrons. The quantitative estimate of drug-likeness (QED) is 0.801. The standard InChI is InChI=1S/C12H12N2OS/c1-16-11-13-10(15)12(14-11)7-9(12)8-5-3-2-4-6-8/h2-6,9H,7H2,1H3,(H,13,14,15)/t9-,12+/m1/s1. The molecule has 1 aliphatic carbocycles. The molecule has 2 atom stereocenters. The molecule has 1 amide bonds. The van der Waals surface area contributed by atoms with Crippen LogP contribution in [0, 0.1) is 0 Å². The Morgan fingerprint density at radius 2 is 2.19 bits per heavy atom. The molecule has 1 heterocycles. The minimum Gasteiger partial charge on any atom is -0.303 e. The Morgan fingerprint density at radius 1 is 1.44 bits per heavy atom. The van der Waals surface area contributed by atoms with Crippen LogP contribution in [0.5, 0.6) is 0 Å². The number of carbonyl (C=O) groups excluding carboxylic acids is 1. The number of hydrogen-bond acceptors (Lipinski definition) is 3. The third kappa shape index (κ3) is 1.29. The molecule has 3 rings (SSSR count). The first-order chi connectivity index (χ1) is 7.76. The van der Waals surface area contributed by atoms with Crippen molar-refractivity contribution >= 4 is 22.8 Å². The Kier molecular flexibility index (Phi) is 2.07. The Balaban J connectivity index is 1.90. The Hall–Kier alpha value is -1.29. The van der Waals surface area contributed by atoms with E-state index < -0.39 is 5.54 Å². The number of nitrogens with zero attached hydrogens (tertiary/aromatic N) is 1. The van der Waals surface area contributed by atoms with Crippen LogP contribution in [-0.2, 0) is 4.79 Å². The molecule has 82 valence electrons. The van der Waals surface area contributed by atoms with Gasteiger partial charge in [0.15, 0.2) is 5.17 Å². The van der Waals surface area contributed by atoms with Gasteiger partial charge < -0.3 is 5.32 Å². The number of carbonyl (C=O) groups is 1. The third-order valence-corrected chi connectivity index (χ3v) is 3.82. The number of amidine groups is 1. The zero-order valence-corrected chi connectivity index (χ0v) is 9.75. The van der Waals surface area contributed by atoms with Gasteiger partial charge in [-0.05, 0) is 18.2 Å². The molecule has 1 spiro atoms.